The van der Waals surface area contributed by atoms with Crippen LogP contribution in [0.5, 0.6) is 0 Å². The molecule has 5 nitrogen and oxygen atoms in total. The molecule has 1 aliphatic rings. The van der Waals surface area contributed by atoms with Gasteiger partial charge < -0.3 is 8.98 Å². The number of benzene rings is 8. The molecule has 12 rings (SSSR count). The topological polar surface area (TPSA) is 56.7 Å². The van der Waals surface area contributed by atoms with Crippen LogP contribution in [-0.2, 0) is 5.41 Å². The van der Waals surface area contributed by atoms with E-state index in [1.807, 2.05) is 30.3 Å². The van der Waals surface area contributed by atoms with Gasteiger partial charge in [0.1, 0.15) is 11.2 Å². The van der Waals surface area contributed by atoms with E-state index >= 15 is 0 Å². The largest absolute Gasteiger partial charge is 0.455 e. The highest BCUT2D eigenvalue weighted by molar-refractivity contribution is 6.17. The van der Waals surface area contributed by atoms with Gasteiger partial charge in [0, 0.05) is 43.8 Å². The number of aromatic nitrogens is 4. The van der Waals surface area contributed by atoms with E-state index in [0.29, 0.717) is 17.5 Å². The van der Waals surface area contributed by atoms with Gasteiger partial charge >= 0.3 is 0 Å². The van der Waals surface area contributed by atoms with Gasteiger partial charge in [0.05, 0.1) is 16.6 Å². The Morgan fingerprint density at radius 3 is 1.92 bits per heavy atom. The van der Waals surface area contributed by atoms with Gasteiger partial charge in [-0.2, -0.15) is 0 Å². The Morgan fingerprint density at radius 2 is 1.05 bits per heavy atom. The standard InChI is InChI=1S/C54H36N4O/c1-54(2)44-24-11-9-19-38(44)39-29-27-35(32-45(39)54)52-55-51(33-15-5-3-6-16-33)56-53(57-52)42-23-13-22-41-49-37(21-14-26-48(49)59-50(41)42)34-28-30-47-43(31-34)40-20-10-12-25-46(40)58(47)36-17-7-4-8-18-36/h3-32H,1-2H3. The van der Waals surface area contributed by atoms with Crippen LogP contribution >= 0.6 is 0 Å². The van der Waals surface area contributed by atoms with Crippen molar-refractivity contribution in [2.24, 2.45) is 0 Å². The van der Waals surface area contributed by atoms with Gasteiger partial charge in [-0.25, -0.2) is 15.0 Å². The lowest BCUT2D eigenvalue weighted by Crippen LogP contribution is -2.15. The molecule has 0 fully saturated rings. The monoisotopic (exact) mass is 756 g/mol. The minimum absolute atomic E-state index is 0.152. The molecule has 3 heterocycles. The van der Waals surface area contributed by atoms with Crippen molar-refractivity contribution in [3.63, 3.8) is 0 Å². The van der Waals surface area contributed by atoms with Gasteiger partial charge in [0.2, 0.25) is 0 Å². The quantitative estimate of drug-likeness (QED) is 0.175. The summed E-state index contributed by atoms with van der Waals surface area (Å²) in [5.41, 5.74) is 15.0. The van der Waals surface area contributed by atoms with E-state index in [4.69, 9.17) is 19.4 Å². The van der Waals surface area contributed by atoms with Crippen molar-refractivity contribution in [2.45, 2.75) is 19.3 Å². The van der Waals surface area contributed by atoms with Crippen LogP contribution in [0.4, 0.5) is 0 Å². The summed E-state index contributed by atoms with van der Waals surface area (Å²) >= 11 is 0. The van der Waals surface area contributed by atoms with E-state index in [1.54, 1.807) is 0 Å². The van der Waals surface area contributed by atoms with Crippen molar-refractivity contribution >= 4 is 43.7 Å². The Bertz CT molecular complexity index is 3470. The molecule has 1 aliphatic carbocycles. The number of para-hydroxylation sites is 3. The van der Waals surface area contributed by atoms with E-state index in [9.17, 15) is 0 Å². The van der Waals surface area contributed by atoms with Gasteiger partial charge in [-0.15, -0.1) is 0 Å². The molecule has 0 spiro atoms. The fourth-order valence-electron chi connectivity index (χ4n) is 9.45. The molecule has 5 heteroatoms. The van der Waals surface area contributed by atoms with Crippen LogP contribution < -0.4 is 0 Å². The first kappa shape index (κ1) is 33.5. The predicted molar refractivity (Wildman–Crippen MR) is 241 cm³/mol. The maximum absolute atomic E-state index is 6.83. The number of hydrogen-bond donors (Lipinski definition) is 0. The molecule has 59 heavy (non-hydrogen) atoms. The summed E-state index contributed by atoms with van der Waals surface area (Å²) in [6, 6.07) is 64.2. The lowest BCUT2D eigenvalue weighted by molar-refractivity contribution is 0.660. The fraction of sp³-hybridized carbons (Fsp3) is 0.0556. The minimum Gasteiger partial charge on any atom is -0.455 e. The smallest absolute Gasteiger partial charge is 0.167 e. The molecule has 0 aliphatic heterocycles. The molecule has 0 atom stereocenters. The molecule has 278 valence electrons. The van der Waals surface area contributed by atoms with Crippen molar-refractivity contribution in [2.75, 3.05) is 0 Å². The van der Waals surface area contributed by atoms with Crippen LogP contribution in [0, 0.1) is 0 Å². The summed E-state index contributed by atoms with van der Waals surface area (Å²) in [7, 11) is 0. The Labute approximate surface area is 340 Å². The average molecular weight is 757 g/mol. The lowest BCUT2D eigenvalue weighted by Gasteiger charge is -2.21. The highest BCUT2D eigenvalue weighted by Gasteiger charge is 2.35. The molecule has 0 saturated heterocycles. The van der Waals surface area contributed by atoms with E-state index in [0.717, 1.165) is 55.4 Å². The second-order valence-electron chi connectivity index (χ2n) is 16.0. The molecule has 0 saturated carbocycles. The van der Waals surface area contributed by atoms with Gasteiger partial charge in [-0.05, 0) is 81.9 Å². The van der Waals surface area contributed by atoms with Gasteiger partial charge in [-0.1, -0.05) is 147 Å². The number of nitrogens with zero attached hydrogens (tertiary/aromatic N) is 4. The molecule has 0 amide bonds. The zero-order valence-corrected chi connectivity index (χ0v) is 32.5. The van der Waals surface area contributed by atoms with Crippen LogP contribution in [0.3, 0.4) is 0 Å². The fourth-order valence-corrected chi connectivity index (χ4v) is 9.45. The summed E-state index contributed by atoms with van der Waals surface area (Å²) in [5.74, 6) is 1.81. The van der Waals surface area contributed by atoms with Crippen molar-refractivity contribution in [3.8, 4) is 62.1 Å². The summed E-state index contributed by atoms with van der Waals surface area (Å²) in [4.78, 5) is 15.5. The lowest BCUT2D eigenvalue weighted by atomic mass is 9.82. The van der Waals surface area contributed by atoms with E-state index < -0.39 is 0 Å². The summed E-state index contributed by atoms with van der Waals surface area (Å²) in [6.07, 6.45) is 0. The van der Waals surface area contributed by atoms with E-state index in [1.165, 1.54) is 44.1 Å². The number of hydrogen-bond acceptors (Lipinski definition) is 4. The zero-order chi connectivity index (χ0) is 39.2. The minimum atomic E-state index is -0.152. The van der Waals surface area contributed by atoms with Crippen LogP contribution in [0.1, 0.15) is 25.0 Å². The molecule has 0 unspecified atom stereocenters. The van der Waals surface area contributed by atoms with Crippen LogP contribution in [-0.4, -0.2) is 19.5 Å². The first-order valence-electron chi connectivity index (χ1n) is 20.1. The van der Waals surface area contributed by atoms with Crippen molar-refractivity contribution in [1.29, 1.82) is 0 Å². The molecule has 0 N–H and O–H groups in total. The van der Waals surface area contributed by atoms with Gasteiger partial charge in [0.25, 0.3) is 0 Å². The van der Waals surface area contributed by atoms with Crippen molar-refractivity contribution < 1.29 is 4.42 Å². The molecule has 11 aromatic rings. The third kappa shape index (κ3) is 5.08. The SMILES string of the molecule is CC1(C)c2ccccc2-c2ccc(-c3nc(-c4ccccc4)nc(-c4cccc5c4oc4cccc(-c6ccc7c(c6)c6ccccc6n7-c6ccccc6)c45)n3)cc21. The maximum Gasteiger partial charge on any atom is 0.167 e. The average Bonchev–Trinajstić information content (AvgIpc) is 3.92. The third-order valence-corrected chi connectivity index (χ3v) is 12.3. The first-order chi connectivity index (χ1) is 29.0. The number of fused-ring (bicyclic) bond motifs is 9. The summed E-state index contributed by atoms with van der Waals surface area (Å²) in [5, 5.41) is 4.50. The third-order valence-electron chi connectivity index (χ3n) is 12.3. The van der Waals surface area contributed by atoms with E-state index in [-0.39, 0.29) is 5.41 Å². The summed E-state index contributed by atoms with van der Waals surface area (Å²) in [6.45, 7) is 4.60. The zero-order valence-electron chi connectivity index (χ0n) is 32.5. The summed E-state index contributed by atoms with van der Waals surface area (Å²) < 4.78 is 9.18. The number of furan rings is 1. The highest BCUT2D eigenvalue weighted by Crippen LogP contribution is 2.49. The van der Waals surface area contributed by atoms with Gasteiger partial charge in [-0.3, -0.25) is 0 Å². The first-order valence-corrected chi connectivity index (χ1v) is 20.1. The van der Waals surface area contributed by atoms with Crippen LogP contribution in [0.2, 0.25) is 0 Å². The van der Waals surface area contributed by atoms with Crippen LogP contribution in [0.15, 0.2) is 186 Å². The molecule has 8 aromatic carbocycles. The molecule has 0 radical (unpaired) electrons. The van der Waals surface area contributed by atoms with Crippen LogP contribution in [0.25, 0.3) is 106 Å². The second kappa shape index (κ2) is 12.7. The second-order valence-corrected chi connectivity index (χ2v) is 16.0. The van der Waals surface area contributed by atoms with Crippen molar-refractivity contribution in [3.05, 3.63) is 193 Å². The normalized spacial score (nSPS) is 13.1. The Hall–Kier alpha value is -7.63. The Balaban J connectivity index is 1.03. The van der Waals surface area contributed by atoms with E-state index in [2.05, 4.69) is 170 Å². The Kier molecular flexibility index (Phi) is 7.20. The Morgan fingerprint density at radius 1 is 0.424 bits per heavy atom. The predicted octanol–water partition coefficient (Wildman–Crippen LogP) is 13.8. The van der Waals surface area contributed by atoms with Gasteiger partial charge in [0.15, 0.2) is 17.5 Å². The number of rotatable bonds is 5. The molecular weight excluding hydrogens is 721 g/mol. The molecule has 0 bridgehead atoms. The van der Waals surface area contributed by atoms with Crippen molar-refractivity contribution in [1.82, 2.24) is 19.5 Å². The highest BCUT2D eigenvalue weighted by atomic mass is 16.3. The molecule has 3 aromatic heterocycles. The maximum atomic E-state index is 6.83. The molecular formula is C54H36N4O.